The first-order valence-electron chi connectivity index (χ1n) is 2.79. The van der Waals surface area contributed by atoms with Crippen LogP contribution in [-0.2, 0) is 4.74 Å². The number of hydrogen-bond acceptors (Lipinski definition) is 3. The lowest BCUT2D eigenvalue weighted by molar-refractivity contribution is 0.110. The minimum atomic E-state index is -1.64. The number of carboxylic acid groups (broad SMARTS) is 1. The molecule has 0 fully saturated rings. The van der Waals surface area contributed by atoms with Crippen LogP contribution in [-0.4, -0.2) is 23.9 Å². The first-order valence-corrected chi connectivity index (χ1v) is 2.79. The molecular weight excluding hydrogens is 150 g/mol. The van der Waals surface area contributed by atoms with E-state index in [-0.39, 0.29) is 6.54 Å². The van der Waals surface area contributed by atoms with E-state index in [4.69, 9.17) is 11.5 Å². The standard InChI is InChI=1S/C6H7NO4/c1-2-3-4-7-5(8)11-6(9)10/h1H,3-4H2,(H,7,8)(H,9,10). The molecule has 60 valence electrons. The summed E-state index contributed by atoms with van der Waals surface area (Å²) in [5.41, 5.74) is 0. The summed E-state index contributed by atoms with van der Waals surface area (Å²) in [5.74, 6) is 2.26. The Balaban J connectivity index is 3.39. The zero-order valence-electron chi connectivity index (χ0n) is 5.66. The summed E-state index contributed by atoms with van der Waals surface area (Å²) in [7, 11) is 0. The maximum absolute atomic E-state index is 10.3. The molecule has 0 aromatic rings. The first kappa shape index (κ1) is 9.30. The molecule has 11 heavy (non-hydrogen) atoms. The molecule has 0 rings (SSSR count). The lowest BCUT2D eigenvalue weighted by Crippen LogP contribution is -2.26. The molecule has 5 heteroatoms. The molecule has 5 nitrogen and oxygen atoms in total. The number of amides is 1. The smallest absolute Gasteiger partial charge is 0.449 e. The lowest BCUT2D eigenvalue weighted by atomic mass is 10.4. The van der Waals surface area contributed by atoms with E-state index in [2.05, 4.69) is 16.0 Å². The van der Waals surface area contributed by atoms with Gasteiger partial charge in [-0.3, -0.25) is 0 Å². The monoisotopic (exact) mass is 157 g/mol. The first-order chi connectivity index (χ1) is 5.16. The maximum atomic E-state index is 10.3. The van der Waals surface area contributed by atoms with Crippen molar-refractivity contribution in [3.63, 3.8) is 0 Å². The van der Waals surface area contributed by atoms with Crippen LogP contribution in [0.15, 0.2) is 0 Å². The Hall–Kier alpha value is -1.70. The Kier molecular flexibility index (Phi) is 4.32. The van der Waals surface area contributed by atoms with Gasteiger partial charge in [-0.2, -0.15) is 0 Å². The van der Waals surface area contributed by atoms with Gasteiger partial charge in [0.25, 0.3) is 0 Å². The van der Waals surface area contributed by atoms with Gasteiger partial charge in [0.2, 0.25) is 0 Å². The Morgan fingerprint density at radius 3 is 2.73 bits per heavy atom. The van der Waals surface area contributed by atoms with Crippen molar-refractivity contribution in [3.8, 4) is 12.3 Å². The van der Waals surface area contributed by atoms with Crippen molar-refractivity contribution in [1.29, 1.82) is 0 Å². The van der Waals surface area contributed by atoms with Gasteiger partial charge < -0.3 is 15.2 Å². The minimum absolute atomic E-state index is 0.211. The number of rotatable bonds is 2. The number of hydrogen-bond donors (Lipinski definition) is 2. The topological polar surface area (TPSA) is 75.6 Å². The summed E-state index contributed by atoms with van der Waals surface area (Å²) in [5, 5.41) is 10.0. The average Bonchev–Trinajstić information content (AvgIpc) is 1.86. The van der Waals surface area contributed by atoms with Crippen molar-refractivity contribution in [2.45, 2.75) is 6.42 Å². The van der Waals surface area contributed by atoms with Crippen molar-refractivity contribution in [2.75, 3.05) is 6.54 Å². The summed E-state index contributed by atoms with van der Waals surface area (Å²) in [4.78, 5) is 20.1. The highest BCUT2D eigenvalue weighted by atomic mass is 16.7. The number of carbonyl (C=O) groups is 2. The van der Waals surface area contributed by atoms with E-state index in [1.807, 2.05) is 0 Å². The van der Waals surface area contributed by atoms with E-state index in [1.54, 1.807) is 0 Å². The zero-order valence-corrected chi connectivity index (χ0v) is 5.66. The Morgan fingerprint density at radius 1 is 1.64 bits per heavy atom. The number of alkyl carbamates (subject to hydrolysis) is 1. The molecule has 0 unspecified atom stereocenters. The molecule has 0 aliphatic heterocycles. The number of terminal acetylenes is 1. The van der Waals surface area contributed by atoms with Crippen molar-refractivity contribution in [2.24, 2.45) is 0 Å². The second kappa shape index (κ2) is 5.11. The van der Waals surface area contributed by atoms with E-state index in [9.17, 15) is 9.59 Å². The van der Waals surface area contributed by atoms with Crippen molar-refractivity contribution in [1.82, 2.24) is 5.32 Å². The maximum Gasteiger partial charge on any atom is 0.514 e. The van der Waals surface area contributed by atoms with Crippen LogP contribution >= 0.6 is 0 Å². The predicted molar refractivity (Wildman–Crippen MR) is 36.0 cm³/mol. The van der Waals surface area contributed by atoms with Gasteiger partial charge in [-0.15, -0.1) is 12.3 Å². The Bertz CT molecular complexity index is 193. The molecular formula is C6H7NO4. The molecule has 0 saturated carbocycles. The fourth-order valence-corrected chi connectivity index (χ4v) is 0.352. The third-order valence-corrected chi connectivity index (χ3v) is 0.719. The molecule has 0 saturated heterocycles. The fraction of sp³-hybridized carbons (Fsp3) is 0.333. The van der Waals surface area contributed by atoms with Gasteiger partial charge in [-0.25, -0.2) is 9.59 Å². The molecule has 0 aliphatic rings. The quantitative estimate of drug-likeness (QED) is 0.263. The molecule has 0 aliphatic carbocycles. The second-order valence-electron chi connectivity index (χ2n) is 1.54. The Labute approximate surface area is 63.3 Å². The van der Waals surface area contributed by atoms with E-state index in [0.29, 0.717) is 6.42 Å². The summed E-state index contributed by atoms with van der Waals surface area (Å²) in [6.07, 6.45) is 2.56. The average molecular weight is 157 g/mol. The number of ether oxygens (including phenoxy) is 1. The number of nitrogens with one attached hydrogen (secondary N) is 1. The van der Waals surface area contributed by atoms with Gasteiger partial charge in [0.15, 0.2) is 0 Å². The third-order valence-electron chi connectivity index (χ3n) is 0.719. The molecule has 0 aromatic heterocycles. The van der Waals surface area contributed by atoms with Crippen molar-refractivity contribution < 1.29 is 19.4 Å². The van der Waals surface area contributed by atoms with E-state index < -0.39 is 12.2 Å². The van der Waals surface area contributed by atoms with E-state index in [1.165, 1.54) is 0 Å². The second-order valence-corrected chi connectivity index (χ2v) is 1.54. The molecule has 0 heterocycles. The van der Waals surface area contributed by atoms with Crippen LogP contribution in [0.5, 0.6) is 0 Å². The molecule has 1 amide bonds. The summed E-state index contributed by atoms with van der Waals surface area (Å²) in [6, 6.07) is 0. The Morgan fingerprint density at radius 2 is 2.27 bits per heavy atom. The van der Waals surface area contributed by atoms with Crippen LogP contribution in [0.25, 0.3) is 0 Å². The minimum Gasteiger partial charge on any atom is -0.449 e. The normalized spacial score (nSPS) is 7.91. The summed E-state index contributed by atoms with van der Waals surface area (Å²) >= 11 is 0. The van der Waals surface area contributed by atoms with Gasteiger partial charge >= 0.3 is 12.2 Å². The van der Waals surface area contributed by atoms with Gasteiger partial charge in [0.1, 0.15) is 0 Å². The zero-order chi connectivity index (χ0) is 8.69. The summed E-state index contributed by atoms with van der Waals surface area (Å²) in [6.45, 7) is 0.211. The van der Waals surface area contributed by atoms with Crippen LogP contribution in [0.2, 0.25) is 0 Å². The third kappa shape index (κ3) is 6.18. The SMILES string of the molecule is C#CCCNC(=O)OC(=O)O. The van der Waals surface area contributed by atoms with Gasteiger partial charge in [0.05, 0.1) is 0 Å². The van der Waals surface area contributed by atoms with E-state index >= 15 is 0 Å². The highest BCUT2D eigenvalue weighted by Crippen LogP contribution is 1.79. The van der Waals surface area contributed by atoms with Crippen LogP contribution in [0.3, 0.4) is 0 Å². The van der Waals surface area contributed by atoms with Crippen LogP contribution in [0.1, 0.15) is 6.42 Å². The summed E-state index contributed by atoms with van der Waals surface area (Å²) < 4.78 is 3.69. The molecule has 0 aromatic carbocycles. The van der Waals surface area contributed by atoms with Crippen LogP contribution in [0, 0.1) is 12.3 Å². The largest absolute Gasteiger partial charge is 0.514 e. The number of carbonyl (C=O) groups excluding carboxylic acids is 1. The highest BCUT2D eigenvalue weighted by molar-refractivity contribution is 5.79. The molecule has 0 bridgehead atoms. The van der Waals surface area contributed by atoms with Gasteiger partial charge in [-0.1, -0.05) is 0 Å². The molecule has 0 spiro atoms. The predicted octanol–water partition coefficient (Wildman–Crippen LogP) is 0.414. The fourth-order valence-electron chi connectivity index (χ4n) is 0.352. The van der Waals surface area contributed by atoms with Crippen LogP contribution in [0.4, 0.5) is 9.59 Å². The van der Waals surface area contributed by atoms with Crippen molar-refractivity contribution >= 4 is 12.2 Å². The van der Waals surface area contributed by atoms with Gasteiger partial charge in [0, 0.05) is 13.0 Å². The van der Waals surface area contributed by atoms with Crippen molar-refractivity contribution in [3.05, 3.63) is 0 Å². The molecule has 2 N–H and O–H groups in total. The molecule has 0 radical (unpaired) electrons. The van der Waals surface area contributed by atoms with E-state index in [0.717, 1.165) is 0 Å². The van der Waals surface area contributed by atoms with Gasteiger partial charge in [-0.05, 0) is 0 Å². The van der Waals surface area contributed by atoms with Crippen LogP contribution < -0.4 is 5.32 Å². The highest BCUT2D eigenvalue weighted by Gasteiger charge is 2.05. The molecule has 0 atom stereocenters. The lowest BCUT2D eigenvalue weighted by Gasteiger charge is -1.98.